The van der Waals surface area contributed by atoms with Crippen molar-refractivity contribution in [3.63, 3.8) is 0 Å². The van der Waals surface area contributed by atoms with Crippen LogP contribution in [0.5, 0.6) is 0 Å². The standard InChI is InChI=1S/C13H21N3OS/c1-5-10(9-18-4)16(3)13(17)11-7-6-8-12(14-2)15-11/h6-8,10H,5,9H2,1-4H3,(H,14,15). The highest BCUT2D eigenvalue weighted by atomic mass is 32.2. The van der Waals surface area contributed by atoms with Gasteiger partial charge in [0, 0.05) is 25.9 Å². The lowest BCUT2D eigenvalue weighted by Crippen LogP contribution is -2.38. The molecule has 0 aliphatic heterocycles. The Labute approximate surface area is 113 Å². The van der Waals surface area contributed by atoms with Crippen LogP contribution in [-0.4, -0.2) is 47.9 Å². The van der Waals surface area contributed by atoms with Gasteiger partial charge in [-0.3, -0.25) is 4.79 Å². The molecule has 0 bridgehead atoms. The Hall–Kier alpha value is -1.23. The van der Waals surface area contributed by atoms with Gasteiger partial charge in [0.2, 0.25) is 0 Å². The largest absolute Gasteiger partial charge is 0.373 e. The average Bonchev–Trinajstić information content (AvgIpc) is 2.43. The van der Waals surface area contributed by atoms with Gasteiger partial charge in [0.15, 0.2) is 0 Å². The van der Waals surface area contributed by atoms with Gasteiger partial charge in [-0.25, -0.2) is 4.98 Å². The van der Waals surface area contributed by atoms with Crippen LogP contribution in [0.2, 0.25) is 0 Å². The number of carbonyl (C=O) groups is 1. The first kappa shape index (κ1) is 14.8. The van der Waals surface area contributed by atoms with E-state index in [0.29, 0.717) is 11.5 Å². The summed E-state index contributed by atoms with van der Waals surface area (Å²) in [5.41, 5.74) is 0.490. The van der Waals surface area contributed by atoms with E-state index in [1.807, 2.05) is 19.2 Å². The van der Waals surface area contributed by atoms with E-state index in [1.54, 1.807) is 29.8 Å². The van der Waals surface area contributed by atoms with Gasteiger partial charge < -0.3 is 10.2 Å². The molecule has 0 fully saturated rings. The topological polar surface area (TPSA) is 45.2 Å². The average molecular weight is 267 g/mol. The molecule has 1 rings (SSSR count). The molecular formula is C13H21N3OS. The van der Waals surface area contributed by atoms with Crippen molar-refractivity contribution in [2.45, 2.75) is 19.4 Å². The molecule has 18 heavy (non-hydrogen) atoms. The third-order valence-electron chi connectivity index (χ3n) is 2.92. The molecular weight excluding hydrogens is 246 g/mol. The number of pyridine rings is 1. The highest BCUT2D eigenvalue weighted by molar-refractivity contribution is 7.98. The van der Waals surface area contributed by atoms with Gasteiger partial charge in [-0.1, -0.05) is 13.0 Å². The summed E-state index contributed by atoms with van der Waals surface area (Å²) in [5.74, 6) is 1.64. The van der Waals surface area contributed by atoms with Crippen molar-refractivity contribution in [1.82, 2.24) is 9.88 Å². The minimum absolute atomic E-state index is 0.0204. The Balaban J connectivity index is 2.84. The minimum atomic E-state index is -0.0204. The second-order valence-electron chi connectivity index (χ2n) is 4.09. The molecule has 1 unspecified atom stereocenters. The molecule has 0 saturated carbocycles. The number of thioether (sulfide) groups is 1. The number of anilines is 1. The first-order valence-electron chi connectivity index (χ1n) is 6.04. The molecule has 1 aromatic rings. The second-order valence-corrected chi connectivity index (χ2v) is 5.00. The number of rotatable bonds is 6. The van der Waals surface area contributed by atoms with Crippen molar-refractivity contribution in [2.75, 3.05) is 31.4 Å². The Bertz CT molecular complexity index is 398. The third-order valence-corrected chi connectivity index (χ3v) is 3.64. The zero-order valence-electron chi connectivity index (χ0n) is 11.4. The lowest BCUT2D eigenvalue weighted by molar-refractivity contribution is 0.0738. The van der Waals surface area contributed by atoms with E-state index < -0.39 is 0 Å². The van der Waals surface area contributed by atoms with E-state index in [0.717, 1.165) is 12.2 Å². The summed E-state index contributed by atoms with van der Waals surface area (Å²) < 4.78 is 0. The predicted molar refractivity (Wildman–Crippen MR) is 78.3 cm³/mol. The Morgan fingerprint density at radius 2 is 2.28 bits per heavy atom. The fourth-order valence-corrected chi connectivity index (χ4v) is 2.58. The molecule has 0 aliphatic rings. The molecule has 1 amide bonds. The molecule has 0 radical (unpaired) electrons. The van der Waals surface area contributed by atoms with Crippen LogP contribution in [0.25, 0.3) is 0 Å². The number of nitrogens with one attached hydrogen (secondary N) is 1. The normalized spacial score (nSPS) is 12.0. The van der Waals surface area contributed by atoms with E-state index in [9.17, 15) is 4.79 Å². The van der Waals surface area contributed by atoms with E-state index >= 15 is 0 Å². The number of hydrogen-bond acceptors (Lipinski definition) is 4. The van der Waals surface area contributed by atoms with Crippen molar-refractivity contribution in [1.29, 1.82) is 0 Å². The molecule has 1 N–H and O–H groups in total. The minimum Gasteiger partial charge on any atom is -0.373 e. The monoisotopic (exact) mass is 267 g/mol. The highest BCUT2D eigenvalue weighted by Gasteiger charge is 2.20. The van der Waals surface area contributed by atoms with Crippen LogP contribution in [0.15, 0.2) is 18.2 Å². The molecule has 5 heteroatoms. The van der Waals surface area contributed by atoms with Gasteiger partial charge >= 0.3 is 0 Å². The van der Waals surface area contributed by atoms with Gasteiger partial charge in [0.05, 0.1) is 0 Å². The molecule has 1 aromatic heterocycles. The zero-order valence-corrected chi connectivity index (χ0v) is 12.3. The summed E-state index contributed by atoms with van der Waals surface area (Å²) in [4.78, 5) is 18.4. The molecule has 100 valence electrons. The Morgan fingerprint density at radius 1 is 1.56 bits per heavy atom. The molecule has 1 heterocycles. The predicted octanol–water partition coefficient (Wildman–Crippen LogP) is 2.34. The van der Waals surface area contributed by atoms with E-state index in [4.69, 9.17) is 0 Å². The fourth-order valence-electron chi connectivity index (χ4n) is 1.74. The number of amides is 1. The summed E-state index contributed by atoms with van der Waals surface area (Å²) in [6, 6.07) is 5.70. The maximum Gasteiger partial charge on any atom is 0.272 e. The van der Waals surface area contributed by atoms with Crippen LogP contribution in [0, 0.1) is 0 Å². The smallest absolute Gasteiger partial charge is 0.272 e. The first-order valence-corrected chi connectivity index (χ1v) is 7.44. The number of nitrogens with zero attached hydrogens (tertiary/aromatic N) is 2. The summed E-state index contributed by atoms with van der Waals surface area (Å²) in [7, 11) is 3.64. The van der Waals surface area contributed by atoms with Gasteiger partial charge in [-0.15, -0.1) is 0 Å². The van der Waals surface area contributed by atoms with Crippen LogP contribution in [0.4, 0.5) is 5.82 Å². The van der Waals surface area contributed by atoms with Crippen molar-refractivity contribution in [3.05, 3.63) is 23.9 Å². The van der Waals surface area contributed by atoms with Crippen LogP contribution < -0.4 is 5.32 Å². The zero-order chi connectivity index (χ0) is 13.5. The van der Waals surface area contributed by atoms with E-state index in [1.165, 1.54) is 0 Å². The van der Waals surface area contributed by atoms with Gasteiger partial charge in [0.25, 0.3) is 5.91 Å². The Morgan fingerprint density at radius 3 is 2.83 bits per heavy atom. The summed E-state index contributed by atoms with van der Waals surface area (Å²) in [5, 5.41) is 2.94. The van der Waals surface area contributed by atoms with Crippen molar-refractivity contribution < 1.29 is 4.79 Å². The summed E-state index contributed by atoms with van der Waals surface area (Å²) >= 11 is 1.76. The van der Waals surface area contributed by atoms with E-state index in [2.05, 4.69) is 23.5 Å². The Kier molecular flexibility index (Phi) is 5.98. The summed E-state index contributed by atoms with van der Waals surface area (Å²) in [6.45, 7) is 2.10. The SMILES string of the molecule is CCC(CSC)N(C)C(=O)c1cccc(NC)n1. The fraction of sp³-hybridized carbons (Fsp3) is 0.538. The van der Waals surface area contributed by atoms with Gasteiger partial charge in [0.1, 0.15) is 11.5 Å². The molecule has 4 nitrogen and oxygen atoms in total. The van der Waals surface area contributed by atoms with Crippen molar-refractivity contribution in [2.24, 2.45) is 0 Å². The molecule has 0 spiro atoms. The molecule has 0 aromatic carbocycles. The number of hydrogen-bond donors (Lipinski definition) is 1. The lowest BCUT2D eigenvalue weighted by Gasteiger charge is -2.26. The van der Waals surface area contributed by atoms with Gasteiger partial charge in [-0.05, 0) is 24.8 Å². The lowest BCUT2D eigenvalue weighted by atomic mass is 10.2. The van der Waals surface area contributed by atoms with E-state index in [-0.39, 0.29) is 11.9 Å². The number of carbonyl (C=O) groups excluding carboxylic acids is 1. The third kappa shape index (κ3) is 3.63. The first-order chi connectivity index (χ1) is 8.63. The van der Waals surface area contributed by atoms with Crippen LogP contribution >= 0.6 is 11.8 Å². The number of aromatic nitrogens is 1. The van der Waals surface area contributed by atoms with Gasteiger partial charge in [-0.2, -0.15) is 11.8 Å². The molecule has 1 atom stereocenters. The van der Waals surface area contributed by atoms with Crippen molar-refractivity contribution >= 4 is 23.5 Å². The maximum absolute atomic E-state index is 12.3. The molecule has 0 saturated heterocycles. The maximum atomic E-state index is 12.3. The highest BCUT2D eigenvalue weighted by Crippen LogP contribution is 2.12. The second kappa shape index (κ2) is 7.26. The quantitative estimate of drug-likeness (QED) is 0.859. The van der Waals surface area contributed by atoms with Crippen LogP contribution in [-0.2, 0) is 0 Å². The van der Waals surface area contributed by atoms with Crippen molar-refractivity contribution in [3.8, 4) is 0 Å². The molecule has 0 aliphatic carbocycles. The van der Waals surface area contributed by atoms with Crippen LogP contribution in [0.3, 0.4) is 0 Å². The van der Waals surface area contributed by atoms with Crippen LogP contribution in [0.1, 0.15) is 23.8 Å². The summed E-state index contributed by atoms with van der Waals surface area (Å²) in [6.07, 6.45) is 3.01.